The number of alkyl halides is 3. The molecule has 1 fully saturated rings. The standard InChI is InChI=1S/C21H26F3N3O/c1-25(2)18-8-6-16(7-9-18)20(28)15-26-10-12-27(13-11-26)19-5-3-4-17(14-19)21(22,23)24/h3-9,14,20,28H,10-13,15H2,1-2H3/t20-/m0/s1. The van der Waals surface area contributed by atoms with Gasteiger partial charge in [-0.05, 0) is 35.9 Å². The van der Waals surface area contributed by atoms with Gasteiger partial charge in [0, 0.05) is 58.2 Å². The molecule has 0 unspecified atom stereocenters. The molecule has 0 spiro atoms. The molecule has 0 radical (unpaired) electrons. The molecule has 0 amide bonds. The molecule has 4 nitrogen and oxygen atoms in total. The smallest absolute Gasteiger partial charge is 0.387 e. The number of aliphatic hydroxyl groups excluding tert-OH is 1. The number of hydrogen-bond donors (Lipinski definition) is 1. The van der Waals surface area contributed by atoms with E-state index in [1.165, 1.54) is 12.1 Å². The summed E-state index contributed by atoms with van der Waals surface area (Å²) in [6.45, 7) is 3.17. The molecular weight excluding hydrogens is 367 g/mol. The summed E-state index contributed by atoms with van der Waals surface area (Å²) in [5.41, 5.74) is 1.91. The molecule has 1 heterocycles. The van der Waals surface area contributed by atoms with Gasteiger partial charge in [-0.3, -0.25) is 4.90 Å². The molecule has 0 bridgehead atoms. The first kappa shape index (κ1) is 20.5. The van der Waals surface area contributed by atoms with Gasteiger partial charge in [-0.25, -0.2) is 0 Å². The van der Waals surface area contributed by atoms with E-state index >= 15 is 0 Å². The predicted octanol–water partition coefficient (Wildman–Crippen LogP) is 3.63. The van der Waals surface area contributed by atoms with Crippen LogP contribution in [0.15, 0.2) is 48.5 Å². The maximum atomic E-state index is 12.9. The second-order valence-corrected chi connectivity index (χ2v) is 7.34. The molecule has 1 atom stereocenters. The number of benzene rings is 2. The molecule has 0 aromatic heterocycles. The predicted molar refractivity (Wildman–Crippen MR) is 106 cm³/mol. The van der Waals surface area contributed by atoms with E-state index in [0.29, 0.717) is 38.4 Å². The van der Waals surface area contributed by atoms with Crippen molar-refractivity contribution in [3.05, 3.63) is 59.7 Å². The van der Waals surface area contributed by atoms with E-state index in [9.17, 15) is 18.3 Å². The lowest BCUT2D eigenvalue weighted by molar-refractivity contribution is -0.137. The summed E-state index contributed by atoms with van der Waals surface area (Å²) in [4.78, 5) is 6.11. The van der Waals surface area contributed by atoms with Crippen molar-refractivity contribution in [3.63, 3.8) is 0 Å². The van der Waals surface area contributed by atoms with E-state index < -0.39 is 17.8 Å². The molecule has 152 valence electrons. The second-order valence-electron chi connectivity index (χ2n) is 7.34. The van der Waals surface area contributed by atoms with Crippen LogP contribution in [0.1, 0.15) is 17.2 Å². The Morgan fingerprint density at radius 1 is 1.00 bits per heavy atom. The molecule has 1 aliphatic rings. The zero-order valence-corrected chi connectivity index (χ0v) is 16.2. The Morgan fingerprint density at radius 3 is 2.21 bits per heavy atom. The Bertz CT molecular complexity index is 769. The van der Waals surface area contributed by atoms with Gasteiger partial charge in [-0.15, -0.1) is 0 Å². The van der Waals surface area contributed by atoms with Gasteiger partial charge in [0.1, 0.15) is 0 Å². The topological polar surface area (TPSA) is 30.0 Å². The first-order valence-electron chi connectivity index (χ1n) is 9.34. The molecule has 2 aromatic rings. The van der Waals surface area contributed by atoms with Gasteiger partial charge in [0.25, 0.3) is 0 Å². The molecule has 1 saturated heterocycles. The quantitative estimate of drug-likeness (QED) is 0.840. The maximum absolute atomic E-state index is 12.9. The average Bonchev–Trinajstić information content (AvgIpc) is 2.68. The van der Waals surface area contributed by atoms with Crippen molar-refractivity contribution in [2.24, 2.45) is 0 Å². The van der Waals surface area contributed by atoms with Crippen LogP contribution >= 0.6 is 0 Å². The van der Waals surface area contributed by atoms with E-state index in [1.54, 1.807) is 6.07 Å². The number of β-amino-alcohol motifs (C(OH)–C–C–N with tert-alkyl or cyclic N) is 1. The van der Waals surface area contributed by atoms with Crippen LogP contribution in [0.2, 0.25) is 0 Å². The zero-order valence-electron chi connectivity index (χ0n) is 16.2. The lowest BCUT2D eigenvalue weighted by Crippen LogP contribution is -2.47. The minimum absolute atomic E-state index is 0.512. The molecule has 1 aliphatic heterocycles. The summed E-state index contributed by atoms with van der Waals surface area (Å²) < 4.78 is 38.7. The molecule has 0 saturated carbocycles. The van der Waals surface area contributed by atoms with Crippen LogP contribution in [0.25, 0.3) is 0 Å². The fourth-order valence-electron chi connectivity index (χ4n) is 3.41. The van der Waals surface area contributed by atoms with Crippen molar-refractivity contribution < 1.29 is 18.3 Å². The fourth-order valence-corrected chi connectivity index (χ4v) is 3.41. The van der Waals surface area contributed by atoms with Crippen LogP contribution in [-0.4, -0.2) is 56.8 Å². The van der Waals surface area contributed by atoms with Gasteiger partial charge >= 0.3 is 6.18 Å². The Morgan fingerprint density at radius 2 is 1.64 bits per heavy atom. The molecule has 1 N–H and O–H groups in total. The average molecular weight is 393 g/mol. The van der Waals surface area contributed by atoms with E-state index in [1.807, 2.05) is 48.2 Å². The third kappa shape index (κ3) is 4.97. The Balaban J connectivity index is 1.55. The lowest BCUT2D eigenvalue weighted by Gasteiger charge is -2.37. The number of anilines is 2. The number of halogens is 3. The molecule has 0 aliphatic carbocycles. The van der Waals surface area contributed by atoms with Crippen molar-refractivity contribution in [2.75, 3.05) is 56.6 Å². The molecule has 7 heteroatoms. The Kier molecular flexibility index (Phi) is 6.15. The van der Waals surface area contributed by atoms with Crippen LogP contribution in [0.4, 0.5) is 24.5 Å². The van der Waals surface area contributed by atoms with Crippen molar-refractivity contribution >= 4 is 11.4 Å². The first-order chi connectivity index (χ1) is 13.2. The number of aliphatic hydroxyl groups is 1. The number of piperazine rings is 1. The van der Waals surface area contributed by atoms with Crippen LogP contribution in [-0.2, 0) is 6.18 Å². The molecule has 2 aromatic carbocycles. The van der Waals surface area contributed by atoms with Gasteiger partial charge in [-0.1, -0.05) is 18.2 Å². The van der Waals surface area contributed by atoms with Gasteiger partial charge in [0.2, 0.25) is 0 Å². The van der Waals surface area contributed by atoms with Crippen molar-refractivity contribution in [2.45, 2.75) is 12.3 Å². The normalized spacial score (nSPS) is 16.9. The Labute approximate surface area is 163 Å². The lowest BCUT2D eigenvalue weighted by atomic mass is 10.1. The minimum atomic E-state index is -4.33. The number of nitrogens with zero attached hydrogens (tertiary/aromatic N) is 3. The highest BCUT2D eigenvalue weighted by Crippen LogP contribution is 2.32. The van der Waals surface area contributed by atoms with Crippen LogP contribution < -0.4 is 9.80 Å². The fraction of sp³-hybridized carbons (Fsp3) is 0.429. The molecular formula is C21H26F3N3O. The zero-order chi connectivity index (χ0) is 20.3. The minimum Gasteiger partial charge on any atom is -0.387 e. The summed E-state index contributed by atoms with van der Waals surface area (Å²) in [6.07, 6.45) is -4.92. The number of rotatable bonds is 5. The summed E-state index contributed by atoms with van der Waals surface area (Å²) in [5.74, 6) is 0. The summed E-state index contributed by atoms with van der Waals surface area (Å²) in [5, 5.41) is 10.5. The van der Waals surface area contributed by atoms with E-state index in [-0.39, 0.29) is 0 Å². The van der Waals surface area contributed by atoms with E-state index in [4.69, 9.17) is 0 Å². The van der Waals surface area contributed by atoms with Gasteiger partial charge in [0.05, 0.1) is 11.7 Å². The highest BCUT2D eigenvalue weighted by molar-refractivity contribution is 5.50. The molecule has 3 rings (SSSR count). The monoisotopic (exact) mass is 393 g/mol. The van der Waals surface area contributed by atoms with Crippen molar-refractivity contribution in [1.82, 2.24) is 4.90 Å². The molecule has 28 heavy (non-hydrogen) atoms. The Hall–Kier alpha value is -2.25. The summed E-state index contributed by atoms with van der Waals surface area (Å²) >= 11 is 0. The van der Waals surface area contributed by atoms with E-state index in [0.717, 1.165) is 17.3 Å². The highest BCUT2D eigenvalue weighted by atomic mass is 19.4. The third-order valence-corrected chi connectivity index (χ3v) is 5.14. The van der Waals surface area contributed by atoms with Gasteiger partial charge in [0.15, 0.2) is 0 Å². The maximum Gasteiger partial charge on any atom is 0.416 e. The van der Waals surface area contributed by atoms with Crippen LogP contribution in [0, 0.1) is 0 Å². The second kappa shape index (κ2) is 8.41. The SMILES string of the molecule is CN(C)c1ccc([C@@H](O)CN2CCN(c3cccc(C(F)(F)F)c3)CC2)cc1. The summed E-state index contributed by atoms with van der Waals surface area (Å²) in [6, 6.07) is 13.3. The van der Waals surface area contributed by atoms with Gasteiger partial charge < -0.3 is 14.9 Å². The summed E-state index contributed by atoms with van der Waals surface area (Å²) in [7, 11) is 3.94. The van der Waals surface area contributed by atoms with Crippen molar-refractivity contribution in [1.29, 1.82) is 0 Å². The number of hydrogen-bond acceptors (Lipinski definition) is 4. The largest absolute Gasteiger partial charge is 0.416 e. The highest BCUT2D eigenvalue weighted by Gasteiger charge is 2.31. The van der Waals surface area contributed by atoms with Gasteiger partial charge in [-0.2, -0.15) is 13.2 Å². The van der Waals surface area contributed by atoms with E-state index in [2.05, 4.69) is 4.90 Å². The van der Waals surface area contributed by atoms with Crippen molar-refractivity contribution in [3.8, 4) is 0 Å². The van der Waals surface area contributed by atoms with Crippen LogP contribution in [0.5, 0.6) is 0 Å². The van der Waals surface area contributed by atoms with Crippen LogP contribution in [0.3, 0.4) is 0 Å². The third-order valence-electron chi connectivity index (χ3n) is 5.14. The first-order valence-corrected chi connectivity index (χ1v) is 9.34.